The number of hydrogen-bond acceptors (Lipinski definition) is 6. The molecule has 0 atom stereocenters. The van der Waals surface area contributed by atoms with Crippen LogP contribution in [0.25, 0.3) is 0 Å². The Hall–Kier alpha value is -0.670. The van der Waals surface area contributed by atoms with Crippen molar-refractivity contribution in [2.45, 2.75) is 49.5 Å². The number of carbonyl (C=O) groups excluding carboxylic acids is 1. The van der Waals surface area contributed by atoms with Gasteiger partial charge in [-0.3, -0.25) is 0 Å². The third-order valence-electron chi connectivity index (χ3n) is 3.99. The molecule has 0 bridgehead atoms. The monoisotopic (exact) mass is 396 g/mol. The lowest BCUT2D eigenvalue weighted by Crippen LogP contribution is -2.37. The third-order valence-corrected chi connectivity index (χ3v) is 6.52. The van der Waals surface area contributed by atoms with Crippen LogP contribution in [-0.4, -0.2) is 40.6 Å². The van der Waals surface area contributed by atoms with Crippen LogP contribution in [0.15, 0.2) is 16.3 Å². The van der Waals surface area contributed by atoms with Gasteiger partial charge >= 0.3 is 5.97 Å². The number of thiophene rings is 1. The average Bonchev–Trinajstić information content (AvgIpc) is 2.90. The molecule has 9 heteroatoms. The number of nitrogens with one attached hydrogen (secondary N) is 2. The van der Waals surface area contributed by atoms with E-state index in [9.17, 15) is 13.2 Å². The fourth-order valence-corrected chi connectivity index (χ4v) is 5.14. The molecule has 1 fully saturated rings. The van der Waals surface area contributed by atoms with Crippen LogP contribution in [-0.2, 0) is 14.8 Å². The molecule has 6 nitrogen and oxygen atoms in total. The highest BCUT2D eigenvalue weighted by molar-refractivity contribution is 7.89. The van der Waals surface area contributed by atoms with Crippen molar-refractivity contribution in [1.29, 1.82) is 0 Å². The summed E-state index contributed by atoms with van der Waals surface area (Å²) in [5.41, 5.74) is 0. The van der Waals surface area contributed by atoms with Gasteiger partial charge < -0.3 is 10.1 Å². The molecular formula is C15H25ClN2O4S2. The minimum Gasteiger partial charge on any atom is -0.465 e. The number of sulfonamides is 1. The summed E-state index contributed by atoms with van der Waals surface area (Å²) in [4.78, 5) is 11.7. The van der Waals surface area contributed by atoms with Gasteiger partial charge in [-0.15, -0.1) is 23.7 Å². The molecule has 1 saturated carbocycles. The first-order valence-corrected chi connectivity index (χ1v) is 10.3. The van der Waals surface area contributed by atoms with Crippen molar-refractivity contribution in [2.24, 2.45) is 0 Å². The van der Waals surface area contributed by atoms with Crippen molar-refractivity contribution in [3.63, 3.8) is 0 Å². The molecule has 1 aromatic rings. The van der Waals surface area contributed by atoms with Crippen LogP contribution in [0, 0.1) is 0 Å². The van der Waals surface area contributed by atoms with Crippen molar-refractivity contribution >= 4 is 39.7 Å². The van der Waals surface area contributed by atoms with Gasteiger partial charge in [0.1, 0.15) is 9.77 Å². The van der Waals surface area contributed by atoms with E-state index in [1.165, 1.54) is 38.9 Å². The Bertz CT molecular complexity index is 611. The SMILES string of the molecule is COC(=O)c1sccc1S(=O)(=O)NCCNC1CCCCCC1.Cl. The van der Waals surface area contributed by atoms with Crippen LogP contribution < -0.4 is 10.0 Å². The zero-order chi connectivity index (χ0) is 16.7. The Balaban J connectivity index is 0.00000288. The lowest BCUT2D eigenvalue weighted by Gasteiger charge is -2.16. The molecule has 138 valence electrons. The largest absolute Gasteiger partial charge is 0.465 e. The normalized spacial score (nSPS) is 16.2. The summed E-state index contributed by atoms with van der Waals surface area (Å²) in [6, 6.07) is 1.91. The fraction of sp³-hybridized carbons (Fsp3) is 0.667. The zero-order valence-electron chi connectivity index (χ0n) is 13.7. The second-order valence-electron chi connectivity index (χ2n) is 5.65. The van der Waals surface area contributed by atoms with Gasteiger partial charge in [-0.25, -0.2) is 17.9 Å². The molecular weight excluding hydrogens is 372 g/mol. The average molecular weight is 397 g/mol. The predicted molar refractivity (Wildman–Crippen MR) is 97.6 cm³/mol. The molecule has 0 saturated heterocycles. The number of carbonyl (C=O) groups is 1. The summed E-state index contributed by atoms with van der Waals surface area (Å²) in [6.45, 7) is 0.886. The quantitative estimate of drug-likeness (QED) is 0.420. The van der Waals surface area contributed by atoms with Crippen molar-refractivity contribution in [1.82, 2.24) is 10.0 Å². The fourth-order valence-electron chi connectivity index (χ4n) is 2.77. The van der Waals surface area contributed by atoms with E-state index < -0.39 is 16.0 Å². The van der Waals surface area contributed by atoms with E-state index in [0.717, 1.165) is 24.2 Å². The van der Waals surface area contributed by atoms with E-state index >= 15 is 0 Å². The summed E-state index contributed by atoms with van der Waals surface area (Å²) in [5.74, 6) is -0.628. The van der Waals surface area contributed by atoms with E-state index in [4.69, 9.17) is 0 Å². The van der Waals surface area contributed by atoms with Gasteiger partial charge in [0.15, 0.2) is 0 Å². The van der Waals surface area contributed by atoms with E-state index in [1.807, 2.05) is 0 Å². The summed E-state index contributed by atoms with van der Waals surface area (Å²) in [6.07, 6.45) is 7.37. The van der Waals surface area contributed by atoms with E-state index in [0.29, 0.717) is 19.1 Å². The lowest BCUT2D eigenvalue weighted by molar-refractivity contribution is 0.0602. The summed E-state index contributed by atoms with van der Waals surface area (Å²) in [5, 5.41) is 4.99. The Morgan fingerprint density at radius 3 is 2.54 bits per heavy atom. The number of halogens is 1. The molecule has 0 unspecified atom stereocenters. The number of esters is 1. The summed E-state index contributed by atoms with van der Waals surface area (Å²) < 4.78 is 31.8. The topological polar surface area (TPSA) is 84.5 Å². The van der Waals surface area contributed by atoms with Crippen molar-refractivity contribution in [3.05, 3.63) is 16.3 Å². The van der Waals surface area contributed by atoms with E-state index in [2.05, 4.69) is 14.8 Å². The maximum atomic E-state index is 12.3. The second kappa shape index (κ2) is 10.4. The summed E-state index contributed by atoms with van der Waals surface area (Å²) >= 11 is 1.06. The minimum absolute atomic E-state index is 0. The molecule has 0 spiro atoms. The maximum Gasteiger partial charge on any atom is 0.349 e. The van der Waals surface area contributed by atoms with Crippen LogP contribution in [0.3, 0.4) is 0 Å². The molecule has 2 N–H and O–H groups in total. The molecule has 1 aliphatic rings. The van der Waals surface area contributed by atoms with E-state index in [1.54, 1.807) is 5.38 Å². The molecule has 1 aromatic heterocycles. The number of ether oxygens (including phenoxy) is 1. The van der Waals surface area contributed by atoms with Crippen molar-refractivity contribution in [3.8, 4) is 0 Å². The third kappa shape index (κ3) is 6.00. The van der Waals surface area contributed by atoms with Crippen LogP contribution >= 0.6 is 23.7 Å². The van der Waals surface area contributed by atoms with Crippen LogP contribution in [0.2, 0.25) is 0 Å². The maximum absolute atomic E-state index is 12.3. The smallest absolute Gasteiger partial charge is 0.349 e. The molecule has 0 aromatic carbocycles. The zero-order valence-corrected chi connectivity index (χ0v) is 16.2. The number of hydrogen-bond donors (Lipinski definition) is 2. The van der Waals surface area contributed by atoms with Gasteiger partial charge in [-0.1, -0.05) is 25.7 Å². The Kier molecular flexibility index (Phi) is 9.22. The molecule has 24 heavy (non-hydrogen) atoms. The first-order chi connectivity index (χ1) is 11.0. The van der Waals surface area contributed by atoms with Gasteiger partial charge in [-0.05, 0) is 24.3 Å². The Morgan fingerprint density at radius 2 is 1.92 bits per heavy atom. The Morgan fingerprint density at radius 1 is 1.25 bits per heavy atom. The van der Waals surface area contributed by atoms with Gasteiger partial charge in [0, 0.05) is 19.1 Å². The minimum atomic E-state index is -3.69. The van der Waals surface area contributed by atoms with Gasteiger partial charge in [0.05, 0.1) is 7.11 Å². The van der Waals surface area contributed by atoms with Gasteiger partial charge in [0.2, 0.25) is 10.0 Å². The van der Waals surface area contributed by atoms with Crippen LogP contribution in [0.4, 0.5) is 0 Å². The predicted octanol–water partition coefficient (Wildman–Crippen LogP) is 2.55. The van der Waals surface area contributed by atoms with E-state index in [-0.39, 0.29) is 22.2 Å². The van der Waals surface area contributed by atoms with Crippen molar-refractivity contribution in [2.75, 3.05) is 20.2 Å². The molecule has 1 aliphatic carbocycles. The van der Waals surface area contributed by atoms with Crippen LogP contribution in [0.5, 0.6) is 0 Å². The standard InChI is InChI=1S/C15H24N2O4S2.ClH/c1-21-15(18)14-13(8-11-22-14)23(19,20)17-10-9-16-12-6-4-2-3-5-7-12;/h8,11-12,16-17H,2-7,9-10H2,1H3;1H. The summed E-state index contributed by atoms with van der Waals surface area (Å²) in [7, 11) is -2.45. The first kappa shape index (κ1) is 21.4. The lowest BCUT2D eigenvalue weighted by atomic mass is 10.1. The number of rotatable bonds is 7. The highest BCUT2D eigenvalue weighted by Crippen LogP contribution is 2.22. The first-order valence-electron chi connectivity index (χ1n) is 7.93. The number of methoxy groups -OCH3 is 1. The molecule has 0 radical (unpaired) electrons. The Labute approximate surface area is 153 Å². The highest BCUT2D eigenvalue weighted by Gasteiger charge is 2.24. The molecule has 0 amide bonds. The van der Waals surface area contributed by atoms with Gasteiger partial charge in [0.25, 0.3) is 0 Å². The second-order valence-corrected chi connectivity index (χ2v) is 8.30. The molecule has 0 aliphatic heterocycles. The highest BCUT2D eigenvalue weighted by atomic mass is 35.5. The van der Waals surface area contributed by atoms with Crippen LogP contribution in [0.1, 0.15) is 48.2 Å². The molecule has 2 rings (SSSR count). The van der Waals surface area contributed by atoms with Gasteiger partial charge in [-0.2, -0.15) is 0 Å². The molecule has 1 heterocycles. The van der Waals surface area contributed by atoms with Crippen molar-refractivity contribution < 1.29 is 17.9 Å².